The predicted molar refractivity (Wildman–Crippen MR) is 65.2 cm³/mol. The lowest BCUT2D eigenvalue weighted by Gasteiger charge is -2.35. The molecular weight excluding hydrogens is 200 g/mol. The second-order valence-corrected chi connectivity index (χ2v) is 6.16. The van der Waals surface area contributed by atoms with E-state index in [-0.39, 0.29) is 11.8 Å². The molecule has 2 fully saturated rings. The fraction of sp³-hybridized carbons (Fsp3) is 0.923. The number of amides is 1. The Morgan fingerprint density at radius 2 is 2.19 bits per heavy atom. The van der Waals surface area contributed by atoms with E-state index in [0.717, 1.165) is 32.4 Å². The Labute approximate surface area is 98.4 Å². The summed E-state index contributed by atoms with van der Waals surface area (Å²) in [6, 6.07) is 0.414. The monoisotopic (exact) mass is 224 g/mol. The smallest absolute Gasteiger partial charge is 0.224 e. The van der Waals surface area contributed by atoms with Crippen LogP contribution in [-0.4, -0.2) is 25.0 Å². The molecule has 1 amide bonds. The van der Waals surface area contributed by atoms with Gasteiger partial charge in [-0.3, -0.25) is 4.79 Å². The fourth-order valence-corrected chi connectivity index (χ4v) is 3.02. The summed E-state index contributed by atoms with van der Waals surface area (Å²) in [5.74, 6) is 0.484. The first-order chi connectivity index (χ1) is 7.57. The van der Waals surface area contributed by atoms with E-state index in [1.165, 1.54) is 12.8 Å². The van der Waals surface area contributed by atoms with E-state index in [1.807, 2.05) is 0 Å². The van der Waals surface area contributed by atoms with Gasteiger partial charge >= 0.3 is 0 Å². The molecule has 2 N–H and O–H groups in total. The molecule has 1 heterocycles. The molecule has 0 radical (unpaired) electrons. The highest BCUT2D eigenvalue weighted by Gasteiger charge is 2.30. The van der Waals surface area contributed by atoms with Crippen molar-refractivity contribution in [2.24, 2.45) is 11.3 Å². The normalized spacial score (nSPS) is 33.6. The summed E-state index contributed by atoms with van der Waals surface area (Å²) in [6.45, 7) is 6.47. The molecule has 1 aliphatic carbocycles. The van der Waals surface area contributed by atoms with Gasteiger partial charge in [-0.1, -0.05) is 20.3 Å². The van der Waals surface area contributed by atoms with Crippen LogP contribution in [-0.2, 0) is 4.79 Å². The van der Waals surface area contributed by atoms with Crippen molar-refractivity contribution in [2.45, 2.75) is 52.0 Å². The summed E-state index contributed by atoms with van der Waals surface area (Å²) in [5.41, 5.74) is 0.407. The third kappa shape index (κ3) is 2.97. The number of carbonyl (C=O) groups excluding carboxylic acids is 1. The van der Waals surface area contributed by atoms with Crippen molar-refractivity contribution in [3.05, 3.63) is 0 Å². The second kappa shape index (κ2) is 4.74. The zero-order chi connectivity index (χ0) is 11.6. The lowest BCUT2D eigenvalue weighted by atomic mass is 9.75. The maximum atomic E-state index is 12.0. The molecule has 0 aromatic rings. The van der Waals surface area contributed by atoms with E-state index in [0.29, 0.717) is 11.5 Å². The van der Waals surface area contributed by atoms with Crippen LogP contribution < -0.4 is 10.6 Å². The molecule has 2 rings (SSSR count). The molecule has 2 atom stereocenters. The summed E-state index contributed by atoms with van der Waals surface area (Å²) in [7, 11) is 0. The molecule has 16 heavy (non-hydrogen) atoms. The average molecular weight is 224 g/mol. The number of rotatable bonds is 2. The fourth-order valence-electron chi connectivity index (χ4n) is 3.02. The van der Waals surface area contributed by atoms with E-state index in [9.17, 15) is 4.79 Å². The molecular formula is C13H24N2O. The van der Waals surface area contributed by atoms with Crippen LogP contribution in [0.5, 0.6) is 0 Å². The molecule has 1 saturated heterocycles. The van der Waals surface area contributed by atoms with Crippen LogP contribution in [0.2, 0.25) is 0 Å². The van der Waals surface area contributed by atoms with Crippen molar-refractivity contribution in [1.82, 2.24) is 10.6 Å². The van der Waals surface area contributed by atoms with Crippen molar-refractivity contribution in [3.8, 4) is 0 Å². The van der Waals surface area contributed by atoms with Crippen molar-refractivity contribution < 1.29 is 4.79 Å². The molecule has 0 aromatic carbocycles. The van der Waals surface area contributed by atoms with Crippen LogP contribution >= 0.6 is 0 Å². The zero-order valence-corrected chi connectivity index (χ0v) is 10.5. The summed E-state index contributed by atoms with van der Waals surface area (Å²) >= 11 is 0. The van der Waals surface area contributed by atoms with Gasteiger partial charge in [-0.2, -0.15) is 0 Å². The Balaban J connectivity index is 1.82. The van der Waals surface area contributed by atoms with Gasteiger partial charge in [0.15, 0.2) is 0 Å². The van der Waals surface area contributed by atoms with Gasteiger partial charge in [-0.25, -0.2) is 0 Å². The van der Waals surface area contributed by atoms with Gasteiger partial charge in [0.1, 0.15) is 0 Å². The second-order valence-electron chi connectivity index (χ2n) is 6.16. The minimum atomic E-state index is 0.213. The van der Waals surface area contributed by atoms with E-state index >= 15 is 0 Å². The van der Waals surface area contributed by atoms with Crippen LogP contribution in [0.1, 0.15) is 46.0 Å². The highest BCUT2D eigenvalue weighted by molar-refractivity contribution is 5.79. The number of nitrogens with one attached hydrogen (secondary N) is 2. The first-order valence-electron chi connectivity index (χ1n) is 6.58. The maximum Gasteiger partial charge on any atom is 0.224 e. The van der Waals surface area contributed by atoms with E-state index in [1.54, 1.807) is 0 Å². The highest BCUT2D eigenvalue weighted by Crippen LogP contribution is 2.35. The van der Waals surface area contributed by atoms with Gasteiger partial charge < -0.3 is 10.6 Å². The van der Waals surface area contributed by atoms with E-state index < -0.39 is 0 Å². The minimum absolute atomic E-state index is 0.213. The Bertz CT molecular complexity index is 257. The largest absolute Gasteiger partial charge is 0.353 e. The first kappa shape index (κ1) is 11.9. The van der Waals surface area contributed by atoms with Crippen LogP contribution in [0.25, 0.3) is 0 Å². The Hall–Kier alpha value is -0.570. The molecule has 1 saturated carbocycles. The Kier molecular flexibility index (Phi) is 3.53. The van der Waals surface area contributed by atoms with Gasteiger partial charge in [0.25, 0.3) is 0 Å². The van der Waals surface area contributed by atoms with Crippen LogP contribution in [0.15, 0.2) is 0 Å². The van der Waals surface area contributed by atoms with Crippen LogP contribution in [0, 0.1) is 11.3 Å². The van der Waals surface area contributed by atoms with Crippen molar-refractivity contribution in [3.63, 3.8) is 0 Å². The predicted octanol–water partition coefficient (Wildman–Crippen LogP) is 1.68. The number of hydrogen-bond donors (Lipinski definition) is 2. The topological polar surface area (TPSA) is 41.1 Å². The maximum absolute atomic E-state index is 12.0. The third-order valence-corrected chi connectivity index (χ3v) is 3.98. The lowest BCUT2D eigenvalue weighted by Crippen LogP contribution is -2.43. The van der Waals surface area contributed by atoms with Crippen LogP contribution in [0.4, 0.5) is 0 Å². The molecule has 0 aromatic heterocycles. The summed E-state index contributed by atoms with van der Waals surface area (Å²) in [5, 5.41) is 6.48. The zero-order valence-electron chi connectivity index (χ0n) is 10.5. The van der Waals surface area contributed by atoms with Gasteiger partial charge in [-0.15, -0.1) is 0 Å². The molecule has 3 nitrogen and oxygen atoms in total. The Morgan fingerprint density at radius 3 is 2.81 bits per heavy atom. The standard InChI is InChI=1S/C13H24N2O/c1-13(2)6-3-4-11(8-13)15-12(16)10-5-7-14-9-10/h10-11,14H,3-9H2,1-2H3,(H,15,16). The van der Waals surface area contributed by atoms with Gasteiger partial charge in [0.05, 0.1) is 5.92 Å². The number of carbonyl (C=O) groups is 1. The molecule has 0 bridgehead atoms. The molecule has 3 heteroatoms. The van der Waals surface area contributed by atoms with Gasteiger partial charge in [-0.05, 0) is 37.6 Å². The van der Waals surface area contributed by atoms with Crippen molar-refractivity contribution in [2.75, 3.05) is 13.1 Å². The molecule has 92 valence electrons. The highest BCUT2D eigenvalue weighted by atomic mass is 16.2. The average Bonchev–Trinajstić information content (AvgIpc) is 2.68. The van der Waals surface area contributed by atoms with Crippen LogP contribution in [0.3, 0.4) is 0 Å². The molecule has 0 spiro atoms. The van der Waals surface area contributed by atoms with Gasteiger partial charge in [0, 0.05) is 12.6 Å². The quantitative estimate of drug-likeness (QED) is 0.749. The van der Waals surface area contributed by atoms with Crippen molar-refractivity contribution >= 4 is 5.91 Å². The molecule has 1 aliphatic heterocycles. The van der Waals surface area contributed by atoms with Gasteiger partial charge in [0.2, 0.25) is 5.91 Å². The summed E-state index contributed by atoms with van der Waals surface area (Å²) in [6.07, 6.45) is 5.85. The molecule has 2 unspecified atom stereocenters. The summed E-state index contributed by atoms with van der Waals surface area (Å²) in [4.78, 5) is 12.0. The first-order valence-corrected chi connectivity index (χ1v) is 6.58. The number of hydrogen-bond acceptors (Lipinski definition) is 2. The Morgan fingerprint density at radius 1 is 1.38 bits per heavy atom. The van der Waals surface area contributed by atoms with E-state index in [4.69, 9.17) is 0 Å². The third-order valence-electron chi connectivity index (χ3n) is 3.98. The van der Waals surface area contributed by atoms with E-state index in [2.05, 4.69) is 24.5 Å². The summed E-state index contributed by atoms with van der Waals surface area (Å²) < 4.78 is 0. The minimum Gasteiger partial charge on any atom is -0.353 e. The SMILES string of the molecule is CC1(C)CCCC(NC(=O)C2CCNC2)C1. The van der Waals surface area contributed by atoms with Crippen molar-refractivity contribution in [1.29, 1.82) is 0 Å². The molecule has 2 aliphatic rings. The lowest BCUT2D eigenvalue weighted by molar-refractivity contribution is -0.125.